The lowest BCUT2D eigenvalue weighted by Gasteiger charge is -2.17. The smallest absolute Gasteiger partial charge is 0.282 e. The first-order valence-electron chi connectivity index (χ1n) is 8.71. The number of hydrogen-bond acceptors (Lipinski definition) is 5. The molecule has 1 unspecified atom stereocenters. The molecule has 142 valence electrons. The van der Waals surface area contributed by atoms with E-state index < -0.39 is 11.0 Å². The van der Waals surface area contributed by atoms with Gasteiger partial charge in [0.2, 0.25) is 0 Å². The molecule has 1 atom stereocenters. The Labute approximate surface area is 161 Å². The minimum Gasteiger partial charge on any atom is -0.387 e. The molecule has 0 bridgehead atoms. The molecule has 1 heterocycles. The van der Waals surface area contributed by atoms with Gasteiger partial charge in [-0.05, 0) is 31.0 Å². The number of carbonyl (C=O) groups excluding carboxylic acids is 1. The minimum atomic E-state index is -0.855. The topological polar surface area (TPSA) is 95.7 Å². The number of nitro benzene ring substituents is 1. The molecule has 3 rings (SSSR count). The van der Waals surface area contributed by atoms with Gasteiger partial charge in [0.1, 0.15) is 5.56 Å². The van der Waals surface area contributed by atoms with Gasteiger partial charge in [0.25, 0.3) is 11.6 Å². The van der Waals surface area contributed by atoms with Crippen LogP contribution in [0.4, 0.5) is 11.4 Å². The average Bonchev–Trinajstić information content (AvgIpc) is 3.20. The molecule has 0 radical (unpaired) electrons. The standard InChI is InChI=1S/C19H20ClN3O4/c20-16-6-2-1-5-14(16)18(24)12-21-13-7-8-17(23(26)27)15(11-13)19(25)22-9-3-4-10-22/h1-2,5-8,11,18,21,24H,3-4,9-10,12H2. The predicted molar refractivity (Wildman–Crippen MR) is 103 cm³/mol. The molecule has 27 heavy (non-hydrogen) atoms. The number of halogens is 1. The molecule has 2 aromatic carbocycles. The number of aliphatic hydroxyl groups is 1. The van der Waals surface area contributed by atoms with Crippen molar-refractivity contribution in [2.24, 2.45) is 0 Å². The van der Waals surface area contributed by atoms with Crippen LogP contribution in [0, 0.1) is 10.1 Å². The summed E-state index contributed by atoms with van der Waals surface area (Å²) in [6.07, 6.45) is 0.954. The van der Waals surface area contributed by atoms with E-state index in [0.29, 0.717) is 29.4 Å². The lowest BCUT2D eigenvalue weighted by molar-refractivity contribution is -0.385. The predicted octanol–water partition coefficient (Wildman–Crippen LogP) is 3.63. The van der Waals surface area contributed by atoms with Gasteiger partial charge in [-0.15, -0.1) is 0 Å². The number of nitro groups is 1. The normalized spacial score (nSPS) is 14.8. The zero-order valence-corrected chi connectivity index (χ0v) is 15.4. The molecule has 0 spiro atoms. The van der Waals surface area contributed by atoms with Crippen LogP contribution in [0.25, 0.3) is 0 Å². The van der Waals surface area contributed by atoms with Crippen molar-refractivity contribution < 1.29 is 14.8 Å². The largest absolute Gasteiger partial charge is 0.387 e. The van der Waals surface area contributed by atoms with Gasteiger partial charge >= 0.3 is 0 Å². The van der Waals surface area contributed by atoms with Crippen LogP contribution >= 0.6 is 11.6 Å². The van der Waals surface area contributed by atoms with Gasteiger partial charge < -0.3 is 15.3 Å². The van der Waals surface area contributed by atoms with E-state index >= 15 is 0 Å². The second-order valence-corrected chi connectivity index (χ2v) is 6.81. The Kier molecular flexibility index (Phi) is 5.93. The zero-order valence-electron chi connectivity index (χ0n) is 14.6. The number of anilines is 1. The fraction of sp³-hybridized carbons (Fsp3) is 0.316. The van der Waals surface area contributed by atoms with Crippen LogP contribution in [-0.2, 0) is 0 Å². The van der Waals surface area contributed by atoms with E-state index in [1.54, 1.807) is 29.2 Å². The molecular formula is C19H20ClN3O4. The van der Waals surface area contributed by atoms with Crippen molar-refractivity contribution in [3.05, 3.63) is 68.7 Å². The van der Waals surface area contributed by atoms with Gasteiger partial charge in [-0.2, -0.15) is 0 Å². The Morgan fingerprint density at radius 1 is 1.26 bits per heavy atom. The highest BCUT2D eigenvalue weighted by Crippen LogP contribution is 2.27. The van der Waals surface area contributed by atoms with Gasteiger partial charge in [-0.1, -0.05) is 29.8 Å². The first kappa shape index (κ1) is 19.1. The summed E-state index contributed by atoms with van der Waals surface area (Å²) in [6, 6.07) is 11.3. The van der Waals surface area contributed by atoms with Crippen LogP contribution in [0.5, 0.6) is 0 Å². The summed E-state index contributed by atoms with van der Waals surface area (Å²) in [5, 5.41) is 25.1. The summed E-state index contributed by atoms with van der Waals surface area (Å²) in [6.45, 7) is 1.37. The maximum atomic E-state index is 12.7. The first-order chi connectivity index (χ1) is 13.0. The van der Waals surface area contributed by atoms with Crippen molar-refractivity contribution >= 4 is 28.9 Å². The van der Waals surface area contributed by atoms with Gasteiger partial charge in [-0.3, -0.25) is 14.9 Å². The van der Waals surface area contributed by atoms with Crippen LogP contribution in [0.2, 0.25) is 5.02 Å². The summed E-state index contributed by atoms with van der Waals surface area (Å²) in [5.74, 6) is -0.338. The summed E-state index contributed by atoms with van der Waals surface area (Å²) in [7, 11) is 0. The SMILES string of the molecule is O=C(c1cc(NCC(O)c2ccccc2Cl)ccc1[N+](=O)[O-])N1CCCC1. The van der Waals surface area contributed by atoms with E-state index in [0.717, 1.165) is 12.8 Å². The number of nitrogens with zero attached hydrogens (tertiary/aromatic N) is 2. The van der Waals surface area contributed by atoms with Gasteiger partial charge in [0, 0.05) is 42.0 Å². The highest BCUT2D eigenvalue weighted by Gasteiger charge is 2.27. The number of aliphatic hydroxyl groups excluding tert-OH is 1. The van der Waals surface area contributed by atoms with Crippen molar-refractivity contribution in [2.45, 2.75) is 18.9 Å². The second kappa shape index (κ2) is 8.37. The van der Waals surface area contributed by atoms with Crippen LogP contribution < -0.4 is 5.32 Å². The highest BCUT2D eigenvalue weighted by molar-refractivity contribution is 6.31. The summed E-state index contributed by atoms with van der Waals surface area (Å²) in [5.41, 5.74) is 0.944. The van der Waals surface area contributed by atoms with Crippen molar-refractivity contribution in [2.75, 3.05) is 25.0 Å². The van der Waals surface area contributed by atoms with Gasteiger partial charge in [0.15, 0.2) is 0 Å². The molecule has 1 fully saturated rings. The van der Waals surface area contributed by atoms with E-state index in [1.165, 1.54) is 18.2 Å². The van der Waals surface area contributed by atoms with E-state index in [-0.39, 0.29) is 23.7 Å². The second-order valence-electron chi connectivity index (χ2n) is 6.41. The molecule has 0 aliphatic carbocycles. The van der Waals surface area contributed by atoms with Crippen LogP contribution in [-0.4, -0.2) is 40.5 Å². The van der Waals surface area contributed by atoms with E-state index in [4.69, 9.17) is 11.6 Å². The number of amides is 1. The average molecular weight is 390 g/mol. The Bertz CT molecular complexity index is 853. The van der Waals surface area contributed by atoms with Gasteiger partial charge in [0.05, 0.1) is 11.0 Å². The third-order valence-corrected chi connectivity index (χ3v) is 4.92. The van der Waals surface area contributed by atoms with E-state index in [1.807, 2.05) is 0 Å². The van der Waals surface area contributed by atoms with Crippen molar-refractivity contribution in [3.63, 3.8) is 0 Å². The lowest BCUT2D eigenvalue weighted by Crippen LogP contribution is -2.28. The number of carbonyl (C=O) groups is 1. The highest BCUT2D eigenvalue weighted by atomic mass is 35.5. The maximum absolute atomic E-state index is 12.7. The Morgan fingerprint density at radius 2 is 1.96 bits per heavy atom. The quantitative estimate of drug-likeness (QED) is 0.581. The minimum absolute atomic E-state index is 0.0548. The molecule has 1 aliphatic heterocycles. The fourth-order valence-electron chi connectivity index (χ4n) is 3.14. The van der Waals surface area contributed by atoms with Crippen molar-refractivity contribution in [3.8, 4) is 0 Å². The molecule has 1 saturated heterocycles. The molecule has 0 saturated carbocycles. The van der Waals surface area contributed by atoms with Gasteiger partial charge in [-0.25, -0.2) is 0 Å². The maximum Gasteiger partial charge on any atom is 0.282 e. The lowest BCUT2D eigenvalue weighted by atomic mass is 10.1. The molecule has 7 nitrogen and oxygen atoms in total. The van der Waals surface area contributed by atoms with Crippen LogP contribution in [0.1, 0.15) is 34.9 Å². The van der Waals surface area contributed by atoms with Crippen LogP contribution in [0.3, 0.4) is 0 Å². The van der Waals surface area contributed by atoms with Crippen molar-refractivity contribution in [1.82, 2.24) is 4.90 Å². The molecule has 0 aromatic heterocycles. The number of hydrogen-bond donors (Lipinski definition) is 2. The number of rotatable bonds is 6. The molecule has 1 amide bonds. The Balaban J connectivity index is 1.78. The monoisotopic (exact) mass is 389 g/mol. The third kappa shape index (κ3) is 4.37. The molecule has 2 aromatic rings. The zero-order chi connectivity index (χ0) is 19.4. The van der Waals surface area contributed by atoms with E-state index in [2.05, 4.69) is 5.32 Å². The van der Waals surface area contributed by atoms with Crippen LogP contribution in [0.15, 0.2) is 42.5 Å². The molecule has 8 heteroatoms. The van der Waals surface area contributed by atoms with E-state index in [9.17, 15) is 20.0 Å². The Morgan fingerprint density at radius 3 is 2.63 bits per heavy atom. The number of nitrogens with one attached hydrogen (secondary N) is 1. The van der Waals surface area contributed by atoms with Crippen molar-refractivity contribution in [1.29, 1.82) is 0 Å². The molecule has 2 N–H and O–H groups in total. The third-order valence-electron chi connectivity index (χ3n) is 4.58. The number of likely N-dealkylation sites (tertiary alicyclic amines) is 1. The summed E-state index contributed by atoms with van der Waals surface area (Å²) < 4.78 is 0. The summed E-state index contributed by atoms with van der Waals surface area (Å²) in [4.78, 5) is 25.0. The molecular weight excluding hydrogens is 370 g/mol. The molecule has 1 aliphatic rings. The Hall–Kier alpha value is -2.64. The summed E-state index contributed by atoms with van der Waals surface area (Å²) >= 11 is 6.08. The number of benzene rings is 2. The fourth-order valence-corrected chi connectivity index (χ4v) is 3.40. The first-order valence-corrected chi connectivity index (χ1v) is 9.09.